The van der Waals surface area contributed by atoms with Crippen LogP contribution in [0.3, 0.4) is 0 Å². The molecule has 0 aliphatic carbocycles. The van der Waals surface area contributed by atoms with Crippen LogP contribution in [0.5, 0.6) is 0 Å². The molecule has 1 fully saturated rings. The largest absolute Gasteiger partial charge is 0.383 e. The number of benzene rings is 1. The van der Waals surface area contributed by atoms with Gasteiger partial charge in [-0.25, -0.2) is 4.39 Å². The van der Waals surface area contributed by atoms with E-state index in [0.717, 1.165) is 37.2 Å². The van der Waals surface area contributed by atoms with Gasteiger partial charge in [-0.3, -0.25) is 14.7 Å². The smallest absolute Gasteiger partial charge is 0.234 e. The van der Waals surface area contributed by atoms with Crippen molar-refractivity contribution >= 4 is 5.91 Å². The Morgan fingerprint density at radius 1 is 1.28 bits per heavy atom. The molecule has 0 saturated carbocycles. The van der Waals surface area contributed by atoms with Gasteiger partial charge < -0.3 is 10.1 Å². The van der Waals surface area contributed by atoms with Crippen LogP contribution in [-0.2, 0) is 16.0 Å². The second-order valence-corrected chi connectivity index (χ2v) is 7.83. The molecule has 156 valence electrons. The van der Waals surface area contributed by atoms with Gasteiger partial charge in [0.25, 0.3) is 0 Å². The maximum Gasteiger partial charge on any atom is 0.234 e. The minimum absolute atomic E-state index is 0.0251. The van der Waals surface area contributed by atoms with E-state index in [2.05, 4.69) is 21.3 Å². The predicted molar refractivity (Wildman–Crippen MR) is 111 cm³/mol. The second kappa shape index (κ2) is 10.5. The molecule has 1 aliphatic rings. The average Bonchev–Trinajstić information content (AvgIpc) is 2.71. The quantitative estimate of drug-likeness (QED) is 0.741. The molecule has 0 spiro atoms. The molecule has 5 nitrogen and oxygen atoms in total. The molecule has 3 rings (SSSR count). The summed E-state index contributed by atoms with van der Waals surface area (Å²) in [6.07, 6.45) is 4.38. The minimum Gasteiger partial charge on any atom is -0.383 e. The molecular weight excluding hydrogens is 369 g/mol. The number of nitrogens with zero attached hydrogens (tertiary/aromatic N) is 2. The van der Waals surface area contributed by atoms with Gasteiger partial charge >= 0.3 is 0 Å². The van der Waals surface area contributed by atoms with Crippen LogP contribution in [0.4, 0.5) is 4.39 Å². The van der Waals surface area contributed by atoms with Crippen LogP contribution in [0.1, 0.15) is 42.5 Å². The zero-order chi connectivity index (χ0) is 20.6. The number of ether oxygens (including phenoxy) is 1. The summed E-state index contributed by atoms with van der Waals surface area (Å²) in [6, 6.07) is 11.0. The van der Waals surface area contributed by atoms with E-state index in [0.29, 0.717) is 31.1 Å². The Labute approximate surface area is 172 Å². The third-order valence-electron chi connectivity index (χ3n) is 5.40. The number of aromatic nitrogens is 1. The first kappa shape index (κ1) is 21.4. The minimum atomic E-state index is -0.176. The number of piperidine rings is 1. The Morgan fingerprint density at radius 2 is 2.03 bits per heavy atom. The number of hydrogen-bond acceptors (Lipinski definition) is 4. The van der Waals surface area contributed by atoms with Crippen molar-refractivity contribution in [3.63, 3.8) is 0 Å². The Kier molecular flexibility index (Phi) is 7.72. The molecule has 0 unspecified atom stereocenters. The van der Waals surface area contributed by atoms with E-state index in [4.69, 9.17) is 4.74 Å². The van der Waals surface area contributed by atoms with Crippen LogP contribution in [0, 0.1) is 5.82 Å². The normalized spacial score (nSPS) is 16.5. The predicted octanol–water partition coefficient (Wildman–Crippen LogP) is 3.14. The van der Waals surface area contributed by atoms with Gasteiger partial charge in [0.2, 0.25) is 5.91 Å². The van der Waals surface area contributed by atoms with Gasteiger partial charge in [0.1, 0.15) is 5.82 Å². The van der Waals surface area contributed by atoms with Crippen molar-refractivity contribution < 1.29 is 13.9 Å². The van der Waals surface area contributed by atoms with Gasteiger partial charge in [0.15, 0.2) is 0 Å². The number of nitrogens with one attached hydrogen (secondary N) is 1. The van der Waals surface area contributed by atoms with Crippen LogP contribution < -0.4 is 5.32 Å². The van der Waals surface area contributed by atoms with Crippen LogP contribution >= 0.6 is 0 Å². The topological polar surface area (TPSA) is 54.5 Å². The van der Waals surface area contributed by atoms with Crippen molar-refractivity contribution in [2.45, 2.75) is 38.1 Å². The van der Waals surface area contributed by atoms with E-state index in [1.165, 1.54) is 6.07 Å². The highest BCUT2D eigenvalue weighted by Gasteiger charge is 2.23. The van der Waals surface area contributed by atoms with Crippen LogP contribution in [-0.4, -0.2) is 55.2 Å². The molecular formula is C23H30FN3O2. The monoisotopic (exact) mass is 399 g/mol. The molecule has 1 aromatic carbocycles. The second-order valence-electron chi connectivity index (χ2n) is 7.83. The standard InChI is InChI=1S/C23H30FN3O2/c1-17(16-29-2)26-23(28)15-27-11-9-19(10-12-27)22-8-7-18(14-25-22)13-20-5-3-4-6-21(20)24/h3-8,14,17,19H,9-13,15-16H2,1-2H3,(H,26,28)/t17-/m0/s1. The first-order valence-corrected chi connectivity index (χ1v) is 10.2. The first-order chi connectivity index (χ1) is 14.0. The number of rotatable bonds is 8. The Morgan fingerprint density at radius 3 is 2.69 bits per heavy atom. The van der Waals surface area contributed by atoms with Crippen LogP contribution in [0.25, 0.3) is 0 Å². The lowest BCUT2D eigenvalue weighted by Gasteiger charge is -2.31. The first-order valence-electron chi connectivity index (χ1n) is 10.2. The van der Waals surface area contributed by atoms with Gasteiger partial charge in [0.05, 0.1) is 13.2 Å². The molecule has 1 N–H and O–H groups in total. The molecule has 1 saturated heterocycles. The molecule has 2 heterocycles. The highest BCUT2D eigenvalue weighted by molar-refractivity contribution is 5.78. The van der Waals surface area contributed by atoms with Gasteiger partial charge in [-0.05, 0) is 56.1 Å². The fourth-order valence-corrected chi connectivity index (χ4v) is 3.85. The van der Waals surface area contributed by atoms with E-state index >= 15 is 0 Å². The zero-order valence-corrected chi connectivity index (χ0v) is 17.2. The van der Waals surface area contributed by atoms with Crippen LogP contribution in [0.2, 0.25) is 0 Å². The van der Waals surface area contributed by atoms with Crippen molar-refractivity contribution in [1.82, 2.24) is 15.2 Å². The summed E-state index contributed by atoms with van der Waals surface area (Å²) in [7, 11) is 1.63. The van der Waals surface area contributed by atoms with Crippen molar-refractivity contribution in [2.75, 3.05) is 33.4 Å². The molecule has 6 heteroatoms. The Hall–Kier alpha value is -2.31. The van der Waals surface area contributed by atoms with E-state index in [1.54, 1.807) is 13.2 Å². The van der Waals surface area contributed by atoms with Crippen molar-refractivity contribution in [3.05, 3.63) is 65.2 Å². The summed E-state index contributed by atoms with van der Waals surface area (Å²) in [5.41, 5.74) is 2.78. The summed E-state index contributed by atoms with van der Waals surface area (Å²) in [5, 5.41) is 2.96. The lowest BCUT2D eigenvalue weighted by molar-refractivity contribution is -0.123. The van der Waals surface area contributed by atoms with E-state index in [-0.39, 0.29) is 17.8 Å². The molecule has 1 aliphatic heterocycles. The Balaban J connectivity index is 1.47. The number of hydrogen-bond donors (Lipinski definition) is 1. The third-order valence-corrected chi connectivity index (χ3v) is 5.40. The number of pyridine rings is 1. The lowest BCUT2D eigenvalue weighted by atomic mass is 9.92. The van der Waals surface area contributed by atoms with E-state index in [1.807, 2.05) is 31.3 Å². The number of halogens is 1. The van der Waals surface area contributed by atoms with E-state index in [9.17, 15) is 9.18 Å². The number of amides is 1. The maximum absolute atomic E-state index is 13.8. The Bertz CT molecular complexity index is 789. The molecule has 2 aromatic rings. The molecule has 0 bridgehead atoms. The van der Waals surface area contributed by atoms with E-state index < -0.39 is 0 Å². The molecule has 1 amide bonds. The fourth-order valence-electron chi connectivity index (χ4n) is 3.85. The zero-order valence-electron chi connectivity index (χ0n) is 17.2. The highest BCUT2D eigenvalue weighted by Crippen LogP contribution is 2.27. The van der Waals surface area contributed by atoms with Crippen molar-refractivity contribution in [1.29, 1.82) is 0 Å². The summed E-state index contributed by atoms with van der Waals surface area (Å²) in [5.74, 6) is 0.275. The van der Waals surface area contributed by atoms with Crippen LogP contribution in [0.15, 0.2) is 42.6 Å². The molecule has 1 atom stereocenters. The molecule has 1 aromatic heterocycles. The van der Waals surface area contributed by atoms with Gasteiger partial charge in [-0.2, -0.15) is 0 Å². The number of carbonyl (C=O) groups excluding carboxylic acids is 1. The molecule has 29 heavy (non-hydrogen) atoms. The highest BCUT2D eigenvalue weighted by atomic mass is 19.1. The third kappa shape index (κ3) is 6.34. The summed E-state index contributed by atoms with van der Waals surface area (Å²) in [6.45, 7) is 4.65. The van der Waals surface area contributed by atoms with Crippen molar-refractivity contribution in [3.8, 4) is 0 Å². The summed E-state index contributed by atoms with van der Waals surface area (Å²) < 4.78 is 18.9. The van der Waals surface area contributed by atoms with Gasteiger partial charge in [0, 0.05) is 37.4 Å². The number of likely N-dealkylation sites (tertiary alicyclic amines) is 1. The fraction of sp³-hybridized carbons (Fsp3) is 0.478. The summed E-state index contributed by atoms with van der Waals surface area (Å²) in [4.78, 5) is 18.9. The summed E-state index contributed by atoms with van der Waals surface area (Å²) >= 11 is 0. The lowest BCUT2D eigenvalue weighted by Crippen LogP contribution is -2.44. The van der Waals surface area contributed by atoms with Gasteiger partial charge in [-0.15, -0.1) is 0 Å². The number of methoxy groups -OCH3 is 1. The van der Waals surface area contributed by atoms with Crippen molar-refractivity contribution in [2.24, 2.45) is 0 Å². The maximum atomic E-state index is 13.8. The average molecular weight is 400 g/mol. The number of carbonyl (C=O) groups is 1. The SMILES string of the molecule is COC[C@H](C)NC(=O)CN1CCC(c2ccc(Cc3ccccc3F)cn2)CC1. The molecule has 0 radical (unpaired) electrons. The van der Waals surface area contributed by atoms with Gasteiger partial charge in [-0.1, -0.05) is 24.3 Å².